The first-order chi connectivity index (χ1) is 20.3. The minimum Gasteiger partial charge on any atom is -0.334 e. The molecule has 218 valence electrons. The van der Waals surface area contributed by atoms with E-state index >= 15 is 4.39 Å². The second-order valence-electron chi connectivity index (χ2n) is 11.8. The molecule has 0 spiro atoms. The molecule has 0 saturated heterocycles. The van der Waals surface area contributed by atoms with E-state index in [4.69, 9.17) is 4.99 Å². The van der Waals surface area contributed by atoms with Gasteiger partial charge in [0.25, 0.3) is 5.56 Å². The minimum atomic E-state index is -0.331. The van der Waals surface area contributed by atoms with E-state index in [-0.39, 0.29) is 17.3 Å². The summed E-state index contributed by atoms with van der Waals surface area (Å²) in [4.78, 5) is 19.7. The lowest BCUT2D eigenvalue weighted by atomic mass is 9.91. The lowest BCUT2D eigenvalue weighted by molar-refractivity contribution is 0.259. The zero-order valence-electron chi connectivity index (χ0n) is 24.5. The van der Waals surface area contributed by atoms with Gasteiger partial charge in [0.15, 0.2) is 5.82 Å². The summed E-state index contributed by atoms with van der Waals surface area (Å²) in [7, 11) is 2.08. The maximum atomic E-state index is 15.5. The van der Waals surface area contributed by atoms with Gasteiger partial charge < -0.3 is 5.32 Å². The summed E-state index contributed by atoms with van der Waals surface area (Å²) >= 11 is 0. The molecule has 3 heterocycles. The number of hydrogen-bond donors (Lipinski definition) is 2. The first-order valence-corrected chi connectivity index (χ1v) is 14.9. The number of aryl methyl sites for hydroxylation is 1. The summed E-state index contributed by atoms with van der Waals surface area (Å²) < 4.78 is 17.5. The van der Waals surface area contributed by atoms with Gasteiger partial charge in [-0.3, -0.25) is 19.4 Å². The molecule has 2 aromatic heterocycles. The third-order valence-corrected chi connectivity index (χ3v) is 8.68. The Morgan fingerprint density at radius 2 is 1.93 bits per heavy atom. The molecule has 0 bridgehead atoms. The molecular formula is C33H38FN7O. The highest BCUT2D eigenvalue weighted by molar-refractivity contribution is 6.00. The van der Waals surface area contributed by atoms with Crippen LogP contribution >= 0.6 is 0 Å². The number of likely N-dealkylation sites (N-methyl/N-ethyl adjacent to an activating group) is 1. The predicted octanol–water partition coefficient (Wildman–Crippen LogP) is 5.93. The minimum absolute atomic E-state index is 0.0609. The molecule has 0 saturated carbocycles. The standard InChI is InChI=1S/C33H38FN7O/c1-21-8-10-23-6-4-5-7-25(23)16-26(21)19-35-32-22(2)9-11-24(12-13-28(32)34)29-18-30(33(42)38-37-29)36-31-17-27-20-40(3)14-15-41(27)39-31/h4-7,12-13,16-18,21-22H,8-11,14-15,19-20H2,1-3H3,(H,38,42)(H,36,37,39)/b24-12+,28-13?,35-32?. The van der Waals surface area contributed by atoms with Crippen LogP contribution in [-0.4, -0.2) is 50.7 Å². The number of nitrogens with zero attached hydrogens (tertiary/aromatic N) is 5. The van der Waals surface area contributed by atoms with Crippen LogP contribution in [-0.2, 0) is 19.5 Å². The van der Waals surface area contributed by atoms with Crippen molar-refractivity contribution in [2.75, 3.05) is 25.5 Å². The number of rotatable bonds is 5. The quantitative estimate of drug-likeness (QED) is 0.399. The number of allylic oxidation sites excluding steroid dienone is 4. The Hall–Kier alpha value is -4.11. The maximum Gasteiger partial charge on any atom is 0.287 e. The molecule has 3 aliphatic rings. The van der Waals surface area contributed by atoms with Crippen LogP contribution in [0.25, 0.3) is 11.6 Å². The Morgan fingerprint density at radius 1 is 1.10 bits per heavy atom. The average Bonchev–Trinajstić information content (AvgIpc) is 3.29. The van der Waals surface area contributed by atoms with Gasteiger partial charge in [0.05, 0.1) is 30.2 Å². The fourth-order valence-corrected chi connectivity index (χ4v) is 5.97. The van der Waals surface area contributed by atoms with Gasteiger partial charge in [0, 0.05) is 25.1 Å². The molecule has 1 aliphatic heterocycles. The molecule has 2 aliphatic carbocycles. The van der Waals surface area contributed by atoms with Crippen molar-refractivity contribution in [3.05, 3.63) is 92.8 Å². The van der Waals surface area contributed by atoms with Gasteiger partial charge in [-0.05, 0) is 73.1 Å². The van der Waals surface area contributed by atoms with E-state index in [1.165, 1.54) is 22.8 Å². The molecule has 0 amide bonds. The fourth-order valence-electron chi connectivity index (χ4n) is 5.97. The van der Waals surface area contributed by atoms with E-state index in [0.29, 0.717) is 48.2 Å². The lowest BCUT2D eigenvalue weighted by Gasteiger charge is -2.22. The number of halogens is 1. The van der Waals surface area contributed by atoms with Crippen molar-refractivity contribution in [1.29, 1.82) is 0 Å². The second kappa shape index (κ2) is 12.0. The van der Waals surface area contributed by atoms with Crippen LogP contribution in [0.5, 0.6) is 0 Å². The number of benzene rings is 1. The molecule has 2 atom stereocenters. The van der Waals surface area contributed by atoms with Crippen molar-refractivity contribution in [2.24, 2.45) is 16.8 Å². The number of nitrogens with one attached hydrogen (secondary N) is 2. The van der Waals surface area contributed by atoms with Gasteiger partial charge in [0.2, 0.25) is 0 Å². The summed E-state index contributed by atoms with van der Waals surface area (Å²) in [6, 6.07) is 12.2. The Bertz CT molecular complexity index is 1660. The van der Waals surface area contributed by atoms with Crippen molar-refractivity contribution in [3.63, 3.8) is 0 Å². The Kier molecular flexibility index (Phi) is 8.02. The molecular weight excluding hydrogens is 529 g/mol. The second-order valence-corrected chi connectivity index (χ2v) is 11.8. The molecule has 0 radical (unpaired) electrons. The number of aromatic amines is 1. The monoisotopic (exact) mass is 567 g/mol. The summed E-state index contributed by atoms with van der Waals surface area (Å²) in [5, 5.41) is 14.7. The summed E-state index contributed by atoms with van der Waals surface area (Å²) in [5.74, 6) is 0.636. The number of hydrogen-bond acceptors (Lipinski definition) is 6. The molecule has 3 aromatic rings. The van der Waals surface area contributed by atoms with Crippen molar-refractivity contribution in [3.8, 4) is 0 Å². The predicted molar refractivity (Wildman–Crippen MR) is 166 cm³/mol. The Morgan fingerprint density at radius 3 is 2.81 bits per heavy atom. The van der Waals surface area contributed by atoms with Crippen molar-refractivity contribution >= 4 is 28.9 Å². The summed E-state index contributed by atoms with van der Waals surface area (Å²) in [5.41, 5.74) is 6.96. The zero-order valence-corrected chi connectivity index (χ0v) is 24.5. The highest BCUT2D eigenvalue weighted by atomic mass is 19.1. The Labute approximate surface area is 245 Å². The average molecular weight is 568 g/mol. The van der Waals surface area contributed by atoms with Crippen LogP contribution < -0.4 is 10.9 Å². The highest BCUT2D eigenvalue weighted by Gasteiger charge is 2.22. The van der Waals surface area contributed by atoms with Crippen LogP contribution in [0.15, 0.2) is 69.7 Å². The van der Waals surface area contributed by atoms with E-state index < -0.39 is 0 Å². The highest BCUT2D eigenvalue weighted by Crippen LogP contribution is 2.30. The maximum absolute atomic E-state index is 15.5. The van der Waals surface area contributed by atoms with Crippen LogP contribution in [0.3, 0.4) is 0 Å². The lowest BCUT2D eigenvalue weighted by Crippen LogP contribution is -2.30. The van der Waals surface area contributed by atoms with Crippen LogP contribution in [0, 0.1) is 11.8 Å². The molecule has 2 N–H and O–H groups in total. The molecule has 8 nitrogen and oxygen atoms in total. The molecule has 1 aromatic carbocycles. The van der Waals surface area contributed by atoms with Gasteiger partial charge in [0.1, 0.15) is 11.5 Å². The van der Waals surface area contributed by atoms with Crippen molar-refractivity contribution in [1.82, 2.24) is 24.9 Å². The number of aromatic nitrogens is 4. The van der Waals surface area contributed by atoms with E-state index in [2.05, 4.69) is 69.8 Å². The molecule has 2 unspecified atom stereocenters. The third kappa shape index (κ3) is 6.06. The van der Waals surface area contributed by atoms with E-state index in [1.54, 1.807) is 12.1 Å². The van der Waals surface area contributed by atoms with Gasteiger partial charge >= 0.3 is 0 Å². The number of H-pyrrole nitrogens is 1. The van der Waals surface area contributed by atoms with Gasteiger partial charge in [-0.15, -0.1) is 0 Å². The van der Waals surface area contributed by atoms with E-state index in [1.807, 2.05) is 17.7 Å². The van der Waals surface area contributed by atoms with Crippen molar-refractivity contribution < 1.29 is 4.39 Å². The van der Waals surface area contributed by atoms with Crippen LogP contribution in [0.2, 0.25) is 0 Å². The largest absolute Gasteiger partial charge is 0.334 e. The third-order valence-electron chi connectivity index (χ3n) is 8.68. The molecule has 9 heteroatoms. The Balaban J connectivity index is 1.22. The molecule has 42 heavy (non-hydrogen) atoms. The number of aliphatic imine (C=N–C) groups is 1. The topological polar surface area (TPSA) is 91.2 Å². The fraction of sp³-hybridized carbons (Fsp3) is 0.394. The first kappa shape index (κ1) is 28.0. The van der Waals surface area contributed by atoms with Gasteiger partial charge in [-0.1, -0.05) is 50.3 Å². The number of anilines is 2. The van der Waals surface area contributed by atoms with Crippen molar-refractivity contribution in [2.45, 2.75) is 52.6 Å². The van der Waals surface area contributed by atoms with E-state index in [0.717, 1.165) is 43.7 Å². The van der Waals surface area contributed by atoms with E-state index in [9.17, 15) is 4.79 Å². The number of fused-ring (bicyclic) bond motifs is 2. The van der Waals surface area contributed by atoms with Gasteiger partial charge in [-0.2, -0.15) is 10.2 Å². The molecule has 6 rings (SSSR count). The normalized spacial score (nSPS) is 23.4. The SMILES string of the molecule is CC1CCc2ccccc2C=C1CN=C1C(F)=C/C=C(/c2cc(Nc3cc4n(n3)CCN(C)C4)c(=O)[nH]n2)CCC1C. The van der Waals surface area contributed by atoms with Gasteiger partial charge in [-0.25, -0.2) is 9.49 Å². The first-order valence-electron chi connectivity index (χ1n) is 14.9. The van der Waals surface area contributed by atoms with Crippen LogP contribution in [0.4, 0.5) is 15.9 Å². The summed E-state index contributed by atoms with van der Waals surface area (Å²) in [6.45, 7) is 7.32. The molecule has 0 fully saturated rings. The zero-order chi connectivity index (χ0) is 29.2. The summed E-state index contributed by atoms with van der Waals surface area (Å²) in [6.07, 6.45) is 9.00. The smallest absolute Gasteiger partial charge is 0.287 e. The van der Waals surface area contributed by atoms with Crippen LogP contribution in [0.1, 0.15) is 55.6 Å².